The lowest BCUT2D eigenvalue weighted by atomic mass is 10.0. The molecule has 0 unspecified atom stereocenters. The molecule has 1 saturated heterocycles. The number of anilines is 1. The minimum Gasteiger partial charge on any atom is -0.496 e. The van der Waals surface area contributed by atoms with Crippen LogP contribution < -0.4 is 10.1 Å². The van der Waals surface area contributed by atoms with E-state index in [1.807, 2.05) is 66.0 Å². The molecule has 4 heterocycles. The average molecular weight is 610 g/mol. The average Bonchev–Trinajstić information content (AvgIpc) is 3.49. The van der Waals surface area contributed by atoms with Gasteiger partial charge in [-0.25, -0.2) is 9.97 Å². The summed E-state index contributed by atoms with van der Waals surface area (Å²) in [7, 11) is 3.54. The van der Waals surface area contributed by atoms with E-state index in [1.165, 1.54) is 0 Å². The summed E-state index contributed by atoms with van der Waals surface area (Å²) in [5, 5.41) is 19.4. The molecule has 2 N–H and O–H groups in total. The van der Waals surface area contributed by atoms with Crippen LogP contribution in [0.4, 0.5) is 5.82 Å². The zero-order chi connectivity index (χ0) is 31.7. The number of benzene rings is 2. The highest BCUT2D eigenvalue weighted by atomic mass is 16.5. The van der Waals surface area contributed by atoms with Crippen molar-refractivity contribution in [2.45, 2.75) is 39.3 Å². The molecule has 1 aliphatic rings. The van der Waals surface area contributed by atoms with Gasteiger partial charge in [0.1, 0.15) is 23.0 Å². The number of nitrogens with one attached hydrogen (secondary N) is 1. The molecule has 1 amide bonds. The molecule has 0 saturated carbocycles. The number of fused-ring (bicyclic) bond motifs is 1. The van der Waals surface area contributed by atoms with Crippen molar-refractivity contribution in [2.24, 2.45) is 7.05 Å². The largest absolute Gasteiger partial charge is 0.496 e. The van der Waals surface area contributed by atoms with Crippen LogP contribution in [0.25, 0.3) is 28.2 Å². The Bertz CT molecular complexity index is 1850. The van der Waals surface area contributed by atoms with E-state index >= 15 is 0 Å². The van der Waals surface area contributed by atoms with Crippen LogP contribution in [0.1, 0.15) is 47.6 Å². The van der Waals surface area contributed by atoms with Crippen molar-refractivity contribution in [3.8, 4) is 28.3 Å². The maximum Gasteiger partial charge on any atom is 0.257 e. The molecular formula is C34H39N7O4. The third-order valence-corrected chi connectivity index (χ3v) is 8.10. The highest BCUT2D eigenvalue weighted by molar-refractivity contribution is 5.99. The summed E-state index contributed by atoms with van der Waals surface area (Å²) in [6.07, 6.45) is 4.50. The Balaban J connectivity index is 1.39. The normalized spacial score (nSPS) is 14.0. The number of hydrogen-bond acceptors (Lipinski definition) is 8. The van der Waals surface area contributed by atoms with E-state index in [-0.39, 0.29) is 5.91 Å². The summed E-state index contributed by atoms with van der Waals surface area (Å²) in [6.45, 7) is 8.16. The van der Waals surface area contributed by atoms with Gasteiger partial charge in [-0.2, -0.15) is 9.61 Å². The molecule has 0 radical (unpaired) electrons. The van der Waals surface area contributed by atoms with Gasteiger partial charge in [-0.1, -0.05) is 24.3 Å². The molecular weight excluding hydrogens is 570 g/mol. The second-order valence-corrected chi connectivity index (χ2v) is 11.9. The second-order valence-electron chi connectivity index (χ2n) is 11.9. The monoisotopic (exact) mass is 609 g/mol. The Morgan fingerprint density at radius 3 is 2.71 bits per heavy atom. The molecule has 11 nitrogen and oxygen atoms in total. The van der Waals surface area contributed by atoms with Gasteiger partial charge in [0, 0.05) is 62.9 Å². The number of hydrogen-bond donors (Lipinski definition) is 2. The first kappa shape index (κ1) is 30.3. The number of methoxy groups -OCH3 is 1. The van der Waals surface area contributed by atoms with Crippen LogP contribution in [0.3, 0.4) is 0 Å². The molecule has 1 aliphatic heterocycles. The van der Waals surface area contributed by atoms with Crippen LogP contribution in [0, 0.1) is 6.92 Å². The number of carbonyl (C=O) groups excluding carboxylic acids is 1. The fourth-order valence-corrected chi connectivity index (χ4v) is 5.71. The van der Waals surface area contributed by atoms with E-state index in [0.29, 0.717) is 61.3 Å². The number of nitrogens with zero attached hydrogens (tertiary/aromatic N) is 6. The molecule has 11 heteroatoms. The van der Waals surface area contributed by atoms with Crippen LogP contribution in [-0.2, 0) is 23.9 Å². The Labute approximate surface area is 262 Å². The van der Waals surface area contributed by atoms with Gasteiger partial charge < -0.3 is 29.4 Å². The maximum absolute atomic E-state index is 13.7. The standard InChI is InChI=1S/C34H39N7O4/c1-22-30(24-10-11-27(44-5)26(19-24)33(42)40-13-7-16-45-17-15-40)32-37-28(34(2,3)43)20-29(41(32)38-22)36-21-23-8-6-9-25(18-23)31-35-12-14-39(31)4/h6,8-12,14,18-20,36,43H,7,13,15-17,21H2,1-5H3. The highest BCUT2D eigenvalue weighted by Crippen LogP contribution is 2.34. The van der Waals surface area contributed by atoms with Crippen LogP contribution in [0.15, 0.2) is 60.9 Å². The van der Waals surface area contributed by atoms with Gasteiger partial charge in [-0.05, 0) is 56.5 Å². The first-order valence-electron chi connectivity index (χ1n) is 15.1. The van der Waals surface area contributed by atoms with Crippen molar-refractivity contribution in [1.82, 2.24) is 29.0 Å². The molecule has 0 atom stereocenters. The molecule has 5 aromatic rings. The van der Waals surface area contributed by atoms with E-state index in [4.69, 9.17) is 19.6 Å². The number of carbonyl (C=O) groups is 1. The summed E-state index contributed by atoms with van der Waals surface area (Å²) in [4.78, 5) is 24.9. The van der Waals surface area contributed by atoms with Gasteiger partial charge >= 0.3 is 0 Å². The summed E-state index contributed by atoms with van der Waals surface area (Å²) >= 11 is 0. The van der Waals surface area contributed by atoms with Crippen molar-refractivity contribution < 1.29 is 19.4 Å². The fourth-order valence-electron chi connectivity index (χ4n) is 5.71. The SMILES string of the molecule is COc1ccc(-c2c(C)nn3c(NCc4cccc(-c5nccn5C)c4)cc(C(C)(C)O)nc23)cc1C(=O)N1CCCOCC1. The first-order valence-corrected chi connectivity index (χ1v) is 15.1. The van der Waals surface area contributed by atoms with Crippen LogP contribution in [-0.4, -0.2) is 73.5 Å². The Kier molecular flexibility index (Phi) is 8.30. The first-order chi connectivity index (χ1) is 21.6. The van der Waals surface area contributed by atoms with Gasteiger partial charge in [0.15, 0.2) is 5.65 Å². The summed E-state index contributed by atoms with van der Waals surface area (Å²) < 4.78 is 14.9. The molecule has 6 rings (SSSR count). The van der Waals surface area contributed by atoms with E-state index in [0.717, 1.165) is 40.2 Å². The molecule has 0 spiro atoms. The third kappa shape index (κ3) is 6.13. The highest BCUT2D eigenvalue weighted by Gasteiger charge is 2.26. The molecule has 1 fully saturated rings. The smallest absolute Gasteiger partial charge is 0.257 e. The van der Waals surface area contributed by atoms with Gasteiger partial charge in [0.05, 0.1) is 30.7 Å². The maximum atomic E-state index is 13.7. The van der Waals surface area contributed by atoms with Crippen LogP contribution in [0.2, 0.25) is 0 Å². The number of imidazole rings is 1. The quantitative estimate of drug-likeness (QED) is 0.257. The van der Waals surface area contributed by atoms with Crippen molar-refractivity contribution in [3.63, 3.8) is 0 Å². The molecule has 0 bridgehead atoms. The minimum absolute atomic E-state index is 0.103. The lowest BCUT2D eigenvalue weighted by Gasteiger charge is -2.21. The lowest BCUT2D eigenvalue weighted by Crippen LogP contribution is -2.33. The third-order valence-electron chi connectivity index (χ3n) is 8.10. The van der Waals surface area contributed by atoms with Gasteiger partial charge in [-0.15, -0.1) is 0 Å². The fraction of sp³-hybridized carbons (Fsp3) is 0.353. The number of aromatic nitrogens is 5. The van der Waals surface area contributed by atoms with Gasteiger partial charge in [0.2, 0.25) is 0 Å². The summed E-state index contributed by atoms with van der Waals surface area (Å²) in [6, 6.07) is 15.6. The number of amides is 1. The number of aryl methyl sites for hydroxylation is 2. The van der Waals surface area contributed by atoms with Gasteiger partial charge in [0.25, 0.3) is 5.91 Å². The zero-order valence-electron chi connectivity index (χ0n) is 26.4. The number of aliphatic hydroxyl groups is 1. The molecule has 234 valence electrons. The van der Waals surface area contributed by atoms with Crippen LogP contribution in [0.5, 0.6) is 5.75 Å². The van der Waals surface area contributed by atoms with E-state index in [9.17, 15) is 9.90 Å². The van der Waals surface area contributed by atoms with Crippen molar-refractivity contribution in [3.05, 3.63) is 83.4 Å². The Morgan fingerprint density at radius 1 is 1.11 bits per heavy atom. The summed E-state index contributed by atoms with van der Waals surface area (Å²) in [5.74, 6) is 1.97. The van der Waals surface area contributed by atoms with Crippen molar-refractivity contribution in [2.75, 3.05) is 38.7 Å². The topological polar surface area (TPSA) is 119 Å². The minimum atomic E-state index is -1.21. The Hall–Kier alpha value is -4.74. The van der Waals surface area contributed by atoms with Crippen LogP contribution >= 0.6 is 0 Å². The summed E-state index contributed by atoms with van der Waals surface area (Å²) in [5.41, 5.74) is 4.71. The zero-order valence-corrected chi connectivity index (χ0v) is 26.4. The van der Waals surface area contributed by atoms with E-state index in [1.54, 1.807) is 31.7 Å². The van der Waals surface area contributed by atoms with Crippen molar-refractivity contribution in [1.29, 1.82) is 0 Å². The predicted octanol–water partition coefficient (Wildman–Crippen LogP) is 4.82. The molecule has 3 aromatic heterocycles. The van der Waals surface area contributed by atoms with Gasteiger partial charge in [-0.3, -0.25) is 4.79 Å². The number of ether oxygens (including phenoxy) is 2. The van der Waals surface area contributed by atoms with E-state index in [2.05, 4.69) is 22.4 Å². The Morgan fingerprint density at radius 2 is 1.96 bits per heavy atom. The predicted molar refractivity (Wildman–Crippen MR) is 172 cm³/mol. The molecule has 0 aliphatic carbocycles. The lowest BCUT2D eigenvalue weighted by molar-refractivity contribution is 0.0733. The van der Waals surface area contributed by atoms with E-state index < -0.39 is 5.60 Å². The molecule has 2 aromatic carbocycles. The molecule has 45 heavy (non-hydrogen) atoms. The second kappa shape index (κ2) is 12.3. The van der Waals surface area contributed by atoms with Crippen molar-refractivity contribution >= 4 is 17.4 Å². The number of rotatable bonds is 8.